The minimum Gasteiger partial charge on any atom is -0.376 e. The first-order valence-electron chi connectivity index (χ1n) is 9.42. The first kappa shape index (κ1) is 15.9. The summed E-state index contributed by atoms with van der Waals surface area (Å²) in [6.07, 6.45) is 11.1. The number of anilines is 1. The summed E-state index contributed by atoms with van der Waals surface area (Å²) in [4.78, 5) is 14.8. The summed E-state index contributed by atoms with van der Waals surface area (Å²) in [5, 5.41) is 7.40. The van der Waals surface area contributed by atoms with E-state index in [1.807, 2.05) is 10.9 Å². The van der Waals surface area contributed by atoms with Crippen LogP contribution in [0.15, 0.2) is 12.4 Å². The number of hydrogen-bond donors (Lipinski definition) is 1. The van der Waals surface area contributed by atoms with Crippen molar-refractivity contribution in [3.63, 3.8) is 0 Å². The van der Waals surface area contributed by atoms with Gasteiger partial charge in [0.2, 0.25) is 0 Å². The van der Waals surface area contributed by atoms with Gasteiger partial charge >= 0.3 is 6.03 Å². The fourth-order valence-corrected chi connectivity index (χ4v) is 4.73. The Morgan fingerprint density at radius 2 is 2.21 bits per heavy atom. The van der Waals surface area contributed by atoms with Gasteiger partial charge in [0.15, 0.2) is 0 Å². The van der Waals surface area contributed by atoms with Crippen molar-refractivity contribution in [2.45, 2.75) is 64.1 Å². The number of rotatable bonds is 3. The molecular weight excluding hydrogens is 304 g/mol. The monoisotopic (exact) mass is 332 g/mol. The molecule has 1 N–H and O–H groups in total. The van der Waals surface area contributed by atoms with Gasteiger partial charge in [0.1, 0.15) is 0 Å². The van der Waals surface area contributed by atoms with Gasteiger partial charge in [-0.15, -0.1) is 0 Å². The Bertz CT molecular complexity index is 581. The first-order chi connectivity index (χ1) is 11.7. The van der Waals surface area contributed by atoms with E-state index in [0.717, 1.165) is 44.6 Å². The minimum atomic E-state index is 0.0351. The lowest BCUT2D eigenvalue weighted by atomic mass is 9.80. The maximum Gasteiger partial charge on any atom is 0.322 e. The maximum atomic E-state index is 12.7. The highest BCUT2D eigenvalue weighted by molar-refractivity contribution is 5.89. The van der Waals surface area contributed by atoms with Gasteiger partial charge < -0.3 is 15.0 Å². The third-order valence-electron chi connectivity index (χ3n) is 5.96. The van der Waals surface area contributed by atoms with Crippen molar-refractivity contribution in [3.05, 3.63) is 12.4 Å². The van der Waals surface area contributed by atoms with Gasteiger partial charge in [-0.05, 0) is 37.5 Å². The number of fused-ring (bicyclic) bond motifs is 1. The second kappa shape index (κ2) is 6.75. The Balaban J connectivity index is 1.36. The topological polar surface area (TPSA) is 59.4 Å². The number of amides is 2. The number of urea groups is 1. The number of nitrogens with zero attached hydrogens (tertiary/aromatic N) is 3. The predicted octanol–water partition coefficient (Wildman–Crippen LogP) is 3.10. The van der Waals surface area contributed by atoms with E-state index in [0.29, 0.717) is 17.9 Å². The lowest BCUT2D eigenvalue weighted by Gasteiger charge is -2.32. The number of hydrogen-bond acceptors (Lipinski definition) is 3. The molecule has 2 amide bonds. The Kier molecular flexibility index (Phi) is 4.48. The van der Waals surface area contributed by atoms with Crippen LogP contribution < -0.4 is 5.32 Å². The molecule has 132 valence electrons. The molecule has 1 aromatic rings. The molecule has 2 saturated heterocycles. The third-order valence-corrected chi connectivity index (χ3v) is 5.96. The Morgan fingerprint density at radius 1 is 1.33 bits per heavy atom. The molecule has 4 atom stereocenters. The van der Waals surface area contributed by atoms with Crippen LogP contribution in [0, 0.1) is 11.8 Å². The van der Waals surface area contributed by atoms with Crippen LogP contribution in [-0.4, -0.2) is 46.0 Å². The molecule has 1 saturated carbocycles. The van der Waals surface area contributed by atoms with Crippen molar-refractivity contribution in [3.8, 4) is 0 Å². The van der Waals surface area contributed by atoms with Gasteiger partial charge in [-0.25, -0.2) is 4.79 Å². The van der Waals surface area contributed by atoms with E-state index in [2.05, 4.69) is 22.2 Å². The number of ether oxygens (including phenoxy) is 1. The van der Waals surface area contributed by atoms with Crippen LogP contribution in [0.5, 0.6) is 0 Å². The zero-order chi connectivity index (χ0) is 16.5. The van der Waals surface area contributed by atoms with Crippen LogP contribution >= 0.6 is 0 Å². The smallest absolute Gasteiger partial charge is 0.322 e. The molecule has 24 heavy (non-hydrogen) atoms. The van der Waals surface area contributed by atoms with E-state index in [4.69, 9.17) is 4.74 Å². The molecule has 2 aliphatic heterocycles. The molecular formula is C18H28N4O2. The molecule has 3 heterocycles. The van der Waals surface area contributed by atoms with Gasteiger partial charge in [-0.1, -0.05) is 19.8 Å². The second-order valence-corrected chi connectivity index (χ2v) is 7.66. The minimum absolute atomic E-state index is 0.0351. The maximum absolute atomic E-state index is 12.7. The SMILES string of the molecule is CC1CN(C(=O)Nc2cnn(CC3CCCO3)c2)C2CCCCC12. The van der Waals surface area contributed by atoms with Crippen LogP contribution in [0.2, 0.25) is 0 Å². The Morgan fingerprint density at radius 3 is 3.04 bits per heavy atom. The molecule has 3 aliphatic rings. The van der Waals surface area contributed by atoms with Crippen molar-refractivity contribution in [1.29, 1.82) is 0 Å². The molecule has 0 bridgehead atoms. The van der Waals surface area contributed by atoms with E-state index in [9.17, 15) is 4.79 Å². The molecule has 0 aromatic carbocycles. The molecule has 3 fully saturated rings. The summed E-state index contributed by atoms with van der Waals surface area (Å²) in [5.74, 6) is 1.30. The number of carbonyl (C=O) groups is 1. The largest absolute Gasteiger partial charge is 0.376 e. The van der Waals surface area contributed by atoms with Crippen molar-refractivity contribution in [2.75, 3.05) is 18.5 Å². The Labute approximate surface area is 143 Å². The fourth-order valence-electron chi connectivity index (χ4n) is 4.73. The van der Waals surface area contributed by atoms with Gasteiger partial charge in [-0.3, -0.25) is 4.68 Å². The van der Waals surface area contributed by atoms with Crippen LogP contribution in [0.1, 0.15) is 45.4 Å². The average Bonchev–Trinajstić information content (AvgIpc) is 3.30. The zero-order valence-corrected chi connectivity index (χ0v) is 14.5. The molecule has 4 rings (SSSR count). The molecule has 4 unspecified atom stereocenters. The quantitative estimate of drug-likeness (QED) is 0.925. The number of nitrogens with one attached hydrogen (secondary N) is 1. The van der Waals surface area contributed by atoms with E-state index >= 15 is 0 Å². The molecule has 1 aliphatic carbocycles. The second-order valence-electron chi connectivity index (χ2n) is 7.66. The predicted molar refractivity (Wildman–Crippen MR) is 91.8 cm³/mol. The highest BCUT2D eigenvalue weighted by atomic mass is 16.5. The first-order valence-corrected chi connectivity index (χ1v) is 9.42. The van der Waals surface area contributed by atoms with Gasteiger partial charge in [0, 0.05) is 25.4 Å². The standard InChI is InChI=1S/C18H28N4O2/c1-13-10-22(17-7-3-2-6-16(13)17)18(23)20-14-9-19-21(11-14)12-15-5-4-8-24-15/h9,11,13,15-17H,2-8,10,12H2,1H3,(H,20,23). The lowest BCUT2D eigenvalue weighted by molar-refractivity contribution is 0.0940. The summed E-state index contributed by atoms with van der Waals surface area (Å²) >= 11 is 0. The normalized spacial score (nSPS) is 32.8. The van der Waals surface area contributed by atoms with E-state index in [1.54, 1.807) is 6.20 Å². The van der Waals surface area contributed by atoms with Crippen molar-refractivity contribution >= 4 is 11.7 Å². The highest BCUT2D eigenvalue weighted by Crippen LogP contribution is 2.39. The van der Waals surface area contributed by atoms with E-state index in [1.165, 1.54) is 19.3 Å². The van der Waals surface area contributed by atoms with E-state index < -0.39 is 0 Å². The highest BCUT2D eigenvalue weighted by Gasteiger charge is 2.42. The summed E-state index contributed by atoms with van der Waals surface area (Å²) in [5.41, 5.74) is 0.782. The summed E-state index contributed by atoms with van der Waals surface area (Å²) in [7, 11) is 0. The summed E-state index contributed by atoms with van der Waals surface area (Å²) < 4.78 is 7.52. The van der Waals surface area contributed by atoms with Crippen LogP contribution in [0.3, 0.4) is 0 Å². The van der Waals surface area contributed by atoms with Crippen LogP contribution in [0.4, 0.5) is 10.5 Å². The molecule has 6 nitrogen and oxygen atoms in total. The number of likely N-dealkylation sites (tertiary alicyclic amines) is 1. The summed E-state index contributed by atoms with van der Waals surface area (Å²) in [6, 6.07) is 0.462. The number of carbonyl (C=O) groups excluding carboxylic acids is 1. The fraction of sp³-hybridized carbons (Fsp3) is 0.778. The zero-order valence-electron chi connectivity index (χ0n) is 14.5. The van der Waals surface area contributed by atoms with Gasteiger partial charge in [0.25, 0.3) is 0 Å². The van der Waals surface area contributed by atoms with Gasteiger partial charge in [-0.2, -0.15) is 5.10 Å². The molecule has 0 spiro atoms. The Hall–Kier alpha value is -1.56. The number of aromatic nitrogens is 2. The van der Waals surface area contributed by atoms with Crippen molar-refractivity contribution in [1.82, 2.24) is 14.7 Å². The average molecular weight is 332 g/mol. The molecule has 0 radical (unpaired) electrons. The lowest BCUT2D eigenvalue weighted by Crippen LogP contribution is -2.41. The van der Waals surface area contributed by atoms with Crippen molar-refractivity contribution < 1.29 is 9.53 Å². The van der Waals surface area contributed by atoms with Crippen LogP contribution in [0.25, 0.3) is 0 Å². The molecule has 1 aromatic heterocycles. The van der Waals surface area contributed by atoms with Crippen LogP contribution in [-0.2, 0) is 11.3 Å². The van der Waals surface area contributed by atoms with Gasteiger partial charge in [0.05, 0.1) is 24.5 Å². The third kappa shape index (κ3) is 3.16. The summed E-state index contributed by atoms with van der Waals surface area (Å²) in [6.45, 7) is 4.79. The van der Waals surface area contributed by atoms with E-state index in [-0.39, 0.29) is 12.1 Å². The molecule has 6 heteroatoms. The van der Waals surface area contributed by atoms with Crippen molar-refractivity contribution in [2.24, 2.45) is 11.8 Å².